The van der Waals surface area contributed by atoms with Gasteiger partial charge in [0.15, 0.2) is 5.78 Å². The van der Waals surface area contributed by atoms with E-state index in [1.54, 1.807) is 0 Å². The summed E-state index contributed by atoms with van der Waals surface area (Å²) in [6, 6.07) is 5.41. The van der Waals surface area contributed by atoms with Crippen molar-refractivity contribution < 1.29 is 23.9 Å². The van der Waals surface area contributed by atoms with E-state index in [1.165, 1.54) is 29.8 Å². The zero-order valence-corrected chi connectivity index (χ0v) is 29.0. The highest BCUT2D eigenvalue weighted by Gasteiger charge is 2.70. The maximum absolute atomic E-state index is 14.5. The van der Waals surface area contributed by atoms with Crippen LogP contribution >= 0.6 is 0 Å². The number of amides is 2. The number of halogens is 1. The van der Waals surface area contributed by atoms with E-state index in [9.17, 15) is 23.9 Å². The standard InChI is InChI=1S/C39H55FN2O4/c1-34(2)29-12-15-39(7)31(37(29,5)14-13-30(34)44)28(43)22-26-27-23-36(4,17-16-35(27,3)18-19-38(26,39)6)33(46)42-21-20-41-32(45)24-8-10-25(40)11-9-24/h8-11,22,27,29-31,44H,12-21,23H2,1-7H3,(H,41,45)(H,42,46)/t27-,29-,30-,31?,35+,36-,37-,38+,39+/m0/s1. The Balaban J connectivity index is 1.21. The first-order valence-electron chi connectivity index (χ1n) is 17.7. The van der Waals surface area contributed by atoms with Crippen molar-refractivity contribution in [3.05, 3.63) is 47.3 Å². The zero-order valence-electron chi connectivity index (χ0n) is 29.0. The van der Waals surface area contributed by atoms with Gasteiger partial charge < -0.3 is 15.7 Å². The Kier molecular flexibility index (Phi) is 7.98. The number of ketones is 1. The average Bonchev–Trinajstić information content (AvgIpc) is 2.99. The molecule has 5 aliphatic rings. The van der Waals surface area contributed by atoms with Crippen molar-refractivity contribution in [2.75, 3.05) is 13.1 Å². The largest absolute Gasteiger partial charge is 0.393 e. The lowest BCUT2D eigenvalue weighted by atomic mass is 9.33. The molecule has 3 N–H and O–H groups in total. The van der Waals surface area contributed by atoms with E-state index in [0.29, 0.717) is 24.4 Å². The number of rotatable bonds is 5. The van der Waals surface area contributed by atoms with Gasteiger partial charge in [-0.05, 0) is 127 Å². The third kappa shape index (κ3) is 4.84. The van der Waals surface area contributed by atoms with Gasteiger partial charge in [0.2, 0.25) is 5.91 Å². The summed E-state index contributed by atoms with van der Waals surface area (Å²) < 4.78 is 13.2. The van der Waals surface area contributed by atoms with E-state index >= 15 is 0 Å². The molecule has 0 aliphatic heterocycles. The van der Waals surface area contributed by atoms with E-state index in [1.807, 2.05) is 0 Å². The molecule has 0 bridgehead atoms. The monoisotopic (exact) mass is 634 g/mol. The van der Waals surface area contributed by atoms with Crippen molar-refractivity contribution in [3.63, 3.8) is 0 Å². The summed E-state index contributed by atoms with van der Waals surface area (Å²) in [5, 5.41) is 16.9. The summed E-state index contributed by atoms with van der Waals surface area (Å²) in [6.45, 7) is 16.6. The number of fused-ring (bicyclic) bond motifs is 7. The Bertz CT molecular complexity index is 1450. The van der Waals surface area contributed by atoms with Gasteiger partial charge in [0.25, 0.3) is 5.91 Å². The molecule has 252 valence electrons. The molecule has 7 heteroatoms. The summed E-state index contributed by atoms with van der Waals surface area (Å²) in [7, 11) is 0. The minimum absolute atomic E-state index is 0.000644. The van der Waals surface area contributed by atoms with Gasteiger partial charge in [0, 0.05) is 30.0 Å². The van der Waals surface area contributed by atoms with E-state index < -0.39 is 11.2 Å². The number of aliphatic hydroxyl groups is 1. The molecule has 0 radical (unpaired) electrons. The van der Waals surface area contributed by atoms with Crippen LogP contribution in [0.25, 0.3) is 0 Å². The molecule has 1 aromatic carbocycles. The minimum atomic E-state index is -0.571. The lowest BCUT2D eigenvalue weighted by Gasteiger charge is -2.70. The third-order valence-corrected chi connectivity index (χ3v) is 14.9. The van der Waals surface area contributed by atoms with Crippen molar-refractivity contribution in [2.24, 2.45) is 50.2 Å². The molecule has 9 atom stereocenters. The Morgan fingerprint density at radius 3 is 2.22 bits per heavy atom. The number of nitrogens with one attached hydrogen (secondary N) is 2. The van der Waals surface area contributed by atoms with Crippen molar-refractivity contribution in [1.29, 1.82) is 0 Å². The summed E-state index contributed by atoms with van der Waals surface area (Å²) in [5.41, 5.74) is 0.492. The molecule has 46 heavy (non-hydrogen) atoms. The SMILES string of the molecule is CC1(C)[C@@H](O)CC[C@]2(C)C3C(=O)C=C4[C@@H]5C[C@@](C)(C(=O)NCCNC(=O)c6ccc(F)cc6)CC[C@]5(C)CC[C@@]4(C)[C@]3(C)CC[C@@H]12. The maximum Gasteiger partial charge on any atom is 0.251 e. The normalized spacial score (nSPS) is 42.8. The quantitative estimate of drug-likeness (QED) is 0.304. The van der Waals surface area contributed by atoms with Gasteiger partial charge in [0.05, 0.1) is 6.10 Å². The van der Waals surface area contributed by atoms with Crippen LogP contribution in [-0.4, -0.2) is 41.9 Å². The van der Waals surface area contributed by atoms with Crippen LogP contribution in [0.4, 0.5) is 4.39 Å². The molecule has 0 heterocycles. The smallest absolute Gasteiger partial charge is 0.251 e. The highest BCUT2D eigenvalue weighted by molar-refractivity contribution is 5.96. The van der Waals surface area contributed by atoms with Crippen LogP contribution in [0.15, 0.2) is 35.9 Å². The molecule has 1 aromatic rings. The lowest BCUT2D eigenvalue weighted by molar-refractivity contribution is -0.202. The van der Waals surface area contributed by atoms with Crippen molar-refractivity contribution in [3.8, 4) is 0 Å². The van der Waals surface area contributed by atoms with Gasteiger partial charge >= 0.3 is 0 Å². The van der Waals surface area contributed by atoms with Crippen molar-refractivity contribution >= 4 is 17.6 Å². The fraction of sp³-hybridized carbons (Fsp3) is 0.718. The van der Waals surface area contributed by atoms with E-state index in [4.69, 9.17) is 0 Å². The predicted molar refractivity (Wildman–Crippen MR) is 177 cm³/mol. The van der Waals surface area contributed by atoms with Gasteiger partial charge in [-0.25, -0.2) is 4.39 Å². The first kappa shape index (κ1) is 33.4. The van der Waals surface area contributed by atoms with Crippen molar-refractivity contribution in [1.82, 2.24) is 10.6 Å². The van der Waals surface area contributed by atoms with Crippen LogP contribution in [0.2, 0.25) is 0 Å². The van der Waals surface area contributed by atoms with E-state index in [2.05, 4.69) is 65.2 Å². The number of hydrogen-bond acceptors (Lipinski definition) is 4. The number of allylic oxidation sites excluding steroid dienone is 2. The highest BCUT2D eigenvalue weighted by Crippen LogP contribution is 2.75. The summed E-state index contributed by atoms with van der Waals surface area (Å²) in [5.74, 6) is -0.0186. The average molecular weight is 635 g/mol. The van der Waals surface area contributed by atoms with E-state index in [-0.39, 0.29) is 69.2 Å². The number of hydrogen-bond donors (Lipinski definition) is 3. The number of carbonyl (C=O) groups excluding carboxylic acids is 3. The second kappa shape index (κ2) is 11.0. The van der Waals surface area contributed by atoms with Gasteiger partial charge in [-0.3, -0.25) is 14.4 Å². The molecule has 2 amide bonds. The molecule has 0 aromatic heterocycles. The number of benzene rings is 1. The summed E-state index contributed by atoms with van der Waals surface area (Å²) >= 11 is 0. The lowest BCUT2D eigenvalue weighted by Crippen LogP contribution is -2.66. The first-order valence-corrected chi connectivity index (χ1v) is 17.7. The molecule has 4 fully saturated rings. The predicted octanol–water partition coefficient (Wildman–Crippen LogP) is 7.01. The first-order chi connectivity index (χ1) is 21.4. The molecule has 5 aliphatic carbocycles. The molecule has 6 rings (SSSR count). The second-order valence-electron chi connectivity index (χ2n) is 17.6. The minimum Gasteiger partial charge on any atom is -0.393 e. The van der Waals surface area contributed by atoms with Gasteiger partial charge in [-0.15, -0.1) is 0 Å². The van der Waals surface area contributed by atoms with Gasteiger partial charge in [-0.2, -0.15) is 0 Å². The fourth-order valence-electron chi connectivity index (χ4n) is 11.6. The van der Waals surface area contributed by atoms with Crippen LogP contribution in [0, 0.1) is 56.1 Å². The Morgan fingerprint density at radius 2 is 1.52 bits per heavy atom. The molecule has 6 nitrogen and oxygen atoms in total. The molecule has 1 unspecified atom stereocenters. The van der Waals surface area contributed by atoms with Crippen LogP contribution < -0.4 is 10.6 Å². The summed E-state index contributed by atoms with van der Waals surface area (Å²) in [6.07, 6.45) is 9.98. The fourth-order valence-corrected chi connectivity index (χ4v) is 11.6. The molecular weight excluding hydrogens is 579 g/mol. The second-order valence-corrected chi connectivity index (χ2v) is 17.6. The summed E-state index contributed by atoms with van der Waals surface area (Å²) in [4.78, 5) is 40.7. The van der Waals surface area contributed by atoms with Gasteiger partial charge in [-0.1, -0.05) is 54.0 Å². The number of aliphatic hydroxyl groups excluding tert-OH is 1. The topological polar surface area (TPSA) is 95.5 Å². The molecule has 0 saturated heterocycles. The van der Waals surface area contributed by atoms with Crippen molar-refractivity contribution in [2.45, 2.75) is 112 Å². The molecular formula is C39H55FN2O4. The maximum atomic E-state index is 14.5. The van der Waals surface area contributed by atoms with E-state index in [0.717, 1.165) is 51.4 Å². The molecule has 0 spiro atoms. The van der Waals surface area contributed by atoms with Crippen LogP contribution in [-0.2, 0) is 9.59 Å². The number of carbonyl (C=O) groups is 3. The Hall–Kier alpha value is -2.54. The van der Waals surface area contributed by atoms with Crippen LogP contribution in [0.3, 0.4) is 0 Å². The Morgan fingerprint density at radius 1 is 0.870 bits per heavy atom. The Labute approximate surface area is 274 Å². The van der Waals surface area contributed by atoms with Gasteiger partial charge in [0.1, 0.15) is 5.82 Å². The van der Waals surface area contributed by atoms with Crippen LogP contribution in [0.1, 0.15) is 117 Å². The van der Waals surface area contributed by atoms with Crippen LogP contribution in [0.5, 0.6) is 0 Å². The highest BCUT2D eigenvalue weighted by atomic mass is 19.1. The molecule has 4 saturated carbocycles. The zero-order chi connectivity index (χ0) is 33.5. The third-order valence-electron chi connectivity index (χ3n) is 14.9.